The molecule has 0 aliphatic carbocycles. The Bertz CT molecular complexity index is 1820. The number of carbonyl (C=O) groups is 1. The first-order chi connectivity index (χ1) is 20.8. The van der Waals surface area contributed by atoms with Gasteiger partial charge < -0.3 is 37.6 Å². The molecule has 0 saturated carbocycles. The SMILES string of the molecule is COC(=O)c1c(-c2ccc(OC)c(OC)c2)c(-c2ccc(OC)c(OC)c2)c2c3cc(OC)c(OC(C)C)cc3ccn12. The summed E-state index contributed by atoms with van der Waals surface area (Å²) in [5.74, 6) is 2.90. The first-order valence-electron chi connectivity index (χ1n) is 13.7. The normalized spacial score (nSPS) is 11.1. The number of rotatable bonds is 10. The van der Waals surface area contributed by atoms with Crippen molar-refractivity contribution in [2.45, 2.75) is 20.0 Å². The largest absolute Gasteiger partial charge is 0.493 e. The number of nitrogens with zero attached hydrogens (tertiary/aromatic N) is 1. The standard InChI is InChI=1S/C34H35NO8/c1-19(2)43-29-15-20-13-14-35-32(23(20)18-28(29)41-7)30(21-9-11-24(37-3)26(16-21)39-5)31(33(35)34(36)42-8)22-10-12-25(38-4)27(17-22)40-6/h9-19H,1-8H3. The molecule has 0 bridgehead atoms. The zero-order valence-electron chi connectivity index (χ0n) is 25.6. The quantitative estimate of drug-likeness (QED) is 0.161. The number of esters is 1. The van der Waals surface area contributed by atoms with Gasteiger partial charge in [0.2, 0.25) is 0 Å². The second-order valence-corrected chi connectivity index (χ2v) is 10.0. The van der Waals surface area contributed by atoms with Gasteiger partial charge in [-0.2, -0.15) is 0 Å². The number of hydrogen-bond acceptors (Lipinski definition) is 8. The summed E-state index contributed by atoms with van der Waals surface area (Å²) < 4.78 is 41.4. The van der Waals surface area contributed by atoms with E-state index in [0.29, 0.717) is 45.8 Å². The maximum atomic E-state index is 13.6. The molecule has 9 heteroatoms. The summed E-state index contributed by atoms with van der Waals surface area (Å²) in [5.41, 5.74) is 4.06. The summed E-state index contributed by atoms with van der Waals surface area (Å²) in [4.78, 5) is 13.6. The monoisotopic (exact) mass is 585 g/mol. The van der Waals surface area contributed by atoms with E-state index in [-0.39, 0.29) is 6.10 Å². The zero-order valence-corrected chi connectivity index (χ0v) is 25.6. The van der Waals surface area contributed by atoms with Crippen LogP contribution in [0.2, 0.25) is 0 Å². The van der Waals surface area contributed by atoms with E-state index in [4.69, 9.17) is 33.2 Å². The maximum absolute atomic E-state index is 13.6. The molecule has 224 valence electrons. The molecule has 43 heavy (non-hydrogen) atoms. The van der Waals surface area contributed by atoms with Crippen LogP contribution in [0.1, 0.15) is 24.3 Å². The van der Waals surface area contributed by atoms with E-state index in [1.807, 2.05) is 79.0 Å². The van der Waals surface area contributed by atoms with Crippen LogP contribution in [0.15, 0.2) is 60.8 Å². The van der Waals surface area contributed by atoms with Crippen LogP contribution in [-0.4, -0.2) is 59.1 Å². The van der Waals surface area contributed by atoms with Gasteiger partial charge in [0.25, 0.3) is 0 Å². The smallest absolute Gasteiger partial charge is 0.355 e. The van der Waals surface area contributed by atoms with Crippen molar-refractivity contribution in [3.05, 3.63) is 66.5 Å². The van der Waals surface area contributed by atoms with Crippen molar-refractivity contribution in [1.29, 1.82) is 0 Å². The lowest BCUT2D eigenvalue weighted by molar-refractivity contribution is 0.0594. The van der Waals surface area contributed by atoms with Crippen LogP contribution in [-0.2, 0) is 4.74 Å². The van der Waals surface area contributed by atoms with Crippen molar-refractivity contribution >= 4 is 22.3 Å². The molecule has 3 aromatic carbocycles. The van der Waals surface area contributed by atoms with Crippen LogP contribution in [0, 0.1) is 0 Å². The van der Waals surface area contributed by atoms with Crippen LogP contribution < -0.4 is 28.4 Å². The van der Waals surface area contributed by atoms with Gasteiger partial charge in [-0.05, 0) is 72.8 Å². The van der Waals surface area contributed by atoms with Gasteiger partial charge in [-0.1, -0.05) is 12.1 Å². The number of methoxy groups -OCH3 is 6. The van der Waals surface area contributed by atoms with E-state index in [9.17, 15) is 4.79 Å². The Labute approximate surface area is 250 Å². The maximum Gasteiger partial charge on any atom is 0.355 e. The van der Waals surface area contributed by atoms with Gasteiger partial charge in [0.1, 0.15) is 5.69 Å². The van der Waals surface area contributed by atoms with E-state index < -0.39 is 5.97 Å². The van der Waals surface area contributed by atoms with E-state index in [2.05, 4.69) is 0 Å². The van der Waals surface area contributed by atoms with Gasteiger partial charge in [-0.15, -0.1) is 0 Å². The summed E-state index contributed by atoms with van der Waals surface area (Å²) in [6.45, 7) is 3.93. The number of ether oxygens (including phenoxy) is 7. The second-order valence-electron chi connectivity index (χ2n) is 10.0. The molecule has 0 unspecified atom stereocenters. The minimum atomic E-state index is -0.502. The summed E-state index contributed by atoms with van der Waals surface area (Å²) in [6.07, 6.45) is 1.82. The van der Waals surface area contributed by atoms with Gasteiger partial charge in [0.15, 0.2) is 34.5 Å². The van der Waals surface area contributed by atoms with Crippen molar-refractivity contribution in [3.8, 4) is 56.8 Å². The first kappa shape index (κ1) is 29.4. The van der Waals surface area contributed by atoms with E-state index in [1.165, 1.54) is 7.11 Å². The molecule has 0 aliphatic rings. The minimum Gasteiger partial charge on any atom is -0.493 e. The highest BCUT2D eigenvalue weighted by Gasteiger charge is 2.29. The Morgan fingerprint density at radius 1 is 0.628 bits per heavy atom. The molecular formula is C34H35NO8. The fraction of sp³-hybridized carbons (Fsp3) is 0.265. The lowest BCUT2D eigenvalue weighted by Gasteiger charge is -2.16. The lowest BCUT2D eigenvalue weighted by atomic mass is 9.93. The summed E-state index contributed by atoms with van der Waals surface area (Å²) >= 11 is 0. The molecule has 0 atom stereocenters. The van der Waals surface area contributed by atoms with Crippen LogP contribution >= 0.6 is 0 Å². The Morgan fingerprint density at radius 3 is 1.67 bits per heavy atom. The third-order valence-corrected chi connectivity index (χ3v) is 7.29. The number of pyridine rings is 1. The van der Waals surface area contributed by atoms with Gasteiger partial charge in [0.05, 0.1) is 54.3 Å². The topological polar surface area (TPSA) is 86.1 Å². The Hall–Kier alpha value is -5.05. The molecule has 5 rings (SSSR count). The van der Waals surface area contributed by atoms with E-state index in [0.717, 1.165) is 33.0 Å². The molecular weight excluding hydrogens is 550 g/mol. The van der Waals surface area contributed by atoms with Gasteiger partial charge in [-0.25, -0.2) is 4.79 Å². The van der Waals surface area contributed by atoms with Gasteiger partial charge >= 0.3 is 5.97 Å². The van der Waals surface area contributed by atoms with Crippen molar-refractivity contribution in [2.75, 3.05) is 42.7 Å². The molecule has 9 nitrogen and oxygen atoms in total. The van der Waals surface area contributed by atoms with Crippen molar-refractivity contribution in [2.24, 2.45) is 0 Å². The molecule has 0 N–H and O–H groups in total. The second kappa shape index (κ2) is 12.1. The van der Waals surface area contributed by atoms with Crippen LogP contribution in [0.4, 0.5) is 0 Å². The van der Waals surface area contributed by atoms with E-state index >= 15 is 0 Å². The van der Waals surface area contributed by atoms with Crippen LogP contribution in [0.25, 0.3) is 38.5 Å². The molecule has 2 aromatic heterocycles. The molecule has 0 spiro atoms. The number of fused-ring (bicyclic) bond motifs is 3. The average molecular weight is 586 g/mol. The van der Waals surface area contributed by atoms with Crippen molar-refractivity contribution in [3.63, 3.8) is 0 Å². The fourth-order valence-corrected chi connectivity index (χ4v) is 5.42. The molecule has 0 saturated heterocycles. The van der Waals surface area contributed by atoms with Gasteiger partial charge in [-0.3, -0.25) is 0 Å². The lowest BCUT2D eigenvalue weighted by Crippen LogP contribution is -2.08. The highest BCUT2D eigenvalue weighted by Crippen LogP contribution is 2.47. The molecule has 0 aliphatic heterocycles. The molecule has 5 aromatic rings. The van der Waals surface area contributed by atoms with Crippen LogP contribution in [0.3, 0.4) is 0 Å². The van der Waals surface area contributed by atoms with E-state index in [1.54, 1.807) is 35.5 Å². The predicted octanol–water partition coefficient (Wildman–Crippen LogP) is 7.04. The Kier molecular flexibility index (Phi) is 8.25. The highest BCUT2D eigenvalue weighted by atomic mass is 16.5. The van der Waals surface area contributed by atoms with Crippen LogP contribution in [0.5, 0.6) is 34.5 Å². The van der Waals surface area contributed by atoms with Crippen molar-refractivity contribution in [1.82, 2.24) is 4.40 Å². The third-order valence-electron chi connectivity index (χ3n) is 7.29. The minimum absolute atomic E-state index is 0.0479. The molecule has 2 heterocycles. The Balaban J connectivity index is 2.00. The number of hydrogen-bond donors (Lipinski definition) is 0. The number of benzene rings is 3. The predicted molar refractivity (Wildman–Crippen MR) is 166 cm³/mol. The highest BCUT2D eigenvalue weighted by molar-refractivity contribution is 6.14. The third kappa shape index (κ3) is 5.11. The molecule has 0 amide bonds. The first-order valence-corrected chi connectivity index (χ1v) is 13.7. The number of aromatic nitrogens is 1. The average Bonchev–Trinajstić information content (AvgIpc) is 3.38. The molecule has 0 fully saturated rings. The summed E-state index contributed by atoms with van der Waals surface area (Å²) in [7, 11) is 9.31. The van der Waals surface area contributed by atoms with Crippen molar-refractivity contribution < 1.29 is 38.0 Å². The van der Waals surface area contributed by atoms with Gasteiger partial charge in [0, 0.05) is 22.7 Å². The zero-order chi connectivity index (χ0) is 30.8. The fourth-order valence-electron chi connectivity index (χ4n) is 5.42. The Morgan fingerprint density at radius 2 is 1.16 bits per heavy atom. The summed E-state index contributed by atoms with van der Waals surface area (Å²) in [5, 5.41) is 1.75. The number of carbonyl (C=O) groups excluding carboxylic acids is 1. The molecule has 0 radical (unpaired) electrons. The summed E-state index contributed by atoms with van der Waals surface area (Å²) in [6, 6.07) is 17.1.